The van der Waals surface area contributed by atoms with Crippen LogP contribution in [0, 0.1) is 19.8 Å². The van der Waals surface area contributed by atoms with Crippen molar-refractivity contribution >= 4 is 21.9 Å². The van der Waals surface area contributed by atoms with Gasteiger partial charge in [-0.2, -0.15) is 4.31 Å². The van der Waals surface area contributed by atoms with Gasteiger partial charge in [0, 0.05) is 26.2 Å². The number of nitrogens with zero attached hydrogens (tertiary/aromatic N) is 2. The lowest BCUT2D eigenvalue weighted by molar-refractivity contribution is -0.163. The third-order valence-corrected chi connectivity index (χ3v) is 8.36. The highest BCUT2D eigenvalue weighted by molar-refractivity contribution is 7.89. The molecule has 1 amide bonds. The molecule has 8 heteroatoms. The van der Waals surface area contributed by atoms with E-state index in [1.54, 1.807) is 24.0 Å². The van der Waals surface area contributed by atoms with Crippen LogP contribution < -0.4 is 0 Å². The predicted octanol–water partition coefficient (Wildman–Crippen LogP) is 3.04. The van der Waals surface area contributed by atoms with Crippen LogP contribution in [0.5, 0.6) is 0 Å². The molecule has 0 spiro atoms. The first kappa shape index (κ1) is 23.7. The van der Waals surface area contributed by atoms with Gasteiger partial charge in [0.25, 0.3) is 5.91 Å². The summed E-state index contributed by atoms with van der Waals surface area (Å²) in [5.74, 6) is -0.922. The summed E-state index contributed by atoms with van der Waals surface area (Å²) in [6, 6.07) is 5.14. The molecule has 0 bridgehead atoms. The molecule has 0 saturated carbocycles. The van der Waals surface area contributed by atoms with Crippen LogP contribution in [0.3, 0.4) is 0 Å². The number of likely N-dealkylation sites (tertiary alicyclic amines) is 1. The second kappa shape index (κ2) is 10.1. The Balaban J connectivity index is 1.54. The van der Waals surface area contributed by atoms with Crippen molar-refractivity contribution in [1.82, 2.24) is 9.21 Å². The first-order valence-corrected chi connectivity index (χ1v) is 12.7. The zero-order valence-electron chi connectivity index (χ0n) is 18.8. The molecule has 2 saturated heterocycles. The van der Waals surface area contributed by atoms with E-state index in [4.69, 9.17) is 4.74 Å². The van der Waals surface area contributed by atoms with Crippen molar-refractivity contribution in [2.75, 3.05) is 26.2 Å². The lowest BCUT2D eigenvalue weighted by atomic mass is 9.98. The Morgan fingerprint density at radius 1 is 0.968 bits per heavy atom. The largest absolute Gasteiger partial charge is 0.452 e. The molecule has 31 heavy (non-hydrogen) atoms. The van der Waals surface area contributed by atoms with Crippen LogP contribution in [0.1, 0.15) is 56.6 Å². The van der Waals surface area contributed by atoms with Gasteiger partial charge in [-0.1, -0.05) is 18.9 Å². The highest BCUT2D eigenvalue weighted by Gasteiger charge is 2.34. The Morgan fingerprint density at radius 3 is 2.16 bits per heavy atom. The number of carbonyl (C=O) groups excluding carboxylic acids is 2. The van der Waals surface area contributed by atoms with Gasteiger partial charge >= 0.3 is 5.97 Å². The molecule has 0 N–H and O–H groups in total. The summed E-state index contributed by atoms with van der Waals surface area (Å²) in [4.78, 5) is 27.3. The molecule has 2 heterocycles. The van der Waals surface area contributed by atoms with E-state index in [9.17, 15) is 18.0 Å². The van der Waals surface area contributed by atoms with Crippen LogP contribution >= 0.6 is 0 Å². The number of rotatable bonds is 5. The van der Waals surface area contributed by atoms with E-state index in [1.165, 1.54) is 4.31 Å². The monoisotopic (exact) mass is 450 g/mol. The lowest BCUT2D eigenvalue weighted by Gasteiger charge is -2.31. The molecule has 0 aliphatic carbocycles. The molecule has 2 aliphatic rings. The van der Waals surface area contributed by atoms with Gasteiger partial charge in [0.1, 0.15) is 0 Å². The quantitative estimate of drug-likeness (QED) is 0.644. The summed E-state index contributed by atoms with van der Waals surface area (Å²) in [5.41, 5.74) is 1.98. The van der Waals surface area contributed by atoms with Crippen molar-refractivity contribution in [2.24, 2.45) is 5.92 Å². The fourth-order valence-electron chi connectivity index (χ4n) is 4.22. The SMILES string of the molecule is Cc1ccc(S(=O)(=O)N2CCC(C(=O)OC(C)C(=O)N3CCCCCC3)CC2)cc1C. The van der Waals surface area contributed by atoms with Crippen molar-refractivity contribution in [3.05, 3.63) is 29.3 Å². The average molecular weight is 451 g/mol. The molecular weight excluding hydrogens is 416 g/mol. The molecule has 1 aromatic carbocycles. The molecule has 0 aromatic heterocycles. The molecule has 1 aromatic rings. The fourth-order valence-corrected chi connectivity index (χ4v) is 5.78. The van der Waals surface area contributed by atoms with Crippen LogP contribution in [0.2, 0.25) is 0 Å². The molecule has 2 aliphatic heterocycles. The van der Waals surface area contributed by atoms with Crippen LogP contribution in [-0.2, 0) is 24.3 Å². The van der Waals surface area contributed by atoms with Gasteiger partial charge in [-0.25, -0.2) is 8.42 Å². The summed E-state index contributed by atoms with van der Waals surface area (Å²) in [7, 11) is -3.58. The second-order valence-electron chi connectivity index (χ2n) is 8.74. The molecule has 2 fully saturated rings. The van der Waals surface area contributed by atoms with Gasteiger partial charge in [0.2, 0.25) is 10.0 Å². The zero-order valence-corrected chi connectivity index (χ0v) is 19.6. The van der Waals surface area contributed by atoms with Gasteiger partial charge in [-0.15, -0.1) is 0 Å². The first-order valence-electron chi connectivity index (χ1n) is 11.3. The van der Waals surface area contributed by atoms with Crippen LogP contribution in [0.4, 0.5) is 0 Å². The number of ether oxygens (including phenoxy) is 1. The summed E-state index contributed by atoms with van der Waals surface area (Å²) < 4.78 is 32.8. The van der Waals surface area contributed by atoms with Crippen molar-refractivity contribution < 1.29 is 22.7 Å². The number of hydrogen-bond donors (Lipinski definition) is 0. The summed E-state index contributed by atoms with van der Waals surface area (Å²) in [6.07, 6.45) is 4.21. The number of aryl methyl sites for hydroxylation is 2. The Hall–Kier alpha value is -1.93. The molecule has 3 rings (SSSR count). The predicted molar refractivity (Wildman–Crippen MR) is 118 cm³/mol. The Morgan fingerprint density at radius 2 is 1.58 bits per heavy atom. The van der Waals surface area contributed by atoms with E-state index >= 15 is 0 Å². The smallest absolute Gasteiger partial charge is 0.309 e. The van der Waals surface area contributed by atoms with Crippen LogP contribution in [0.25, 0.3) is 0 Å². The standard InChI is InChI=1S/C23H34N2O5S/c1-17-8-9-21(16-18(17)2)31(28,29)25-14-10-20(11-15-25)23(27)30-19(3)22(26)24-12-6-4-5-7-13-24/h8-9,16,19-20H,4-7,10-15H2,1-3H3. The van der Waals surface area contributed by atoms with E-state index in [0.29, 0.717) is 12.8 Å². The van der Waals surface area contributed by atoms with Crippen molar-refractivity contribution in [3.8, 4) is 0 Å². The Kier molecular flexibility index (Phi) is 7.75. The Labute approximate surface area is 185 Å². The van der Waals surface area contributed by atoms with Gasteiger partial charge in [0.05, 0.1) is 10.8 Å². The molecule has 0 radical (unpaired) electrons. The fraction of sp³-hybridized carbons (Fsp3) is 0.652. The summed E-state index contributed by atoms with van der Waals surface area (Å²) in [5, 5.41) is 0. The topological polar surface area (TPSA) is 84.0 Å². The van der Waals surface area contributed by atoms with E-state index in [2.05, 4.69) is 0 Å². The molecule has 1 unspecified atom stereocenters. The maximum absolute atomic E-state index is 13.0. The molecule has 7 nitrogen and oxygen atoms in total. The van der Waals surface area contributed by atoms with Gasteiger partial charge in [-0.05, 0) is 69.7 Å². The third kappa shape index (κ3) is 5.66. The minimum atomic E-state index is -3.58. The van der Waals surface area contributed by atoms with Crippen molar-refractivity contribution in [3.63, 3.8) is 0 Å². The van der Waals surface area contributed by atoms with Gasteiger partial charge in [0.15, 0.2) is 6.10 Å². The van der Waals surface area contributed by atoms with E-state index in [-0.39, 0.29) is 29.8 Å². The van der Waals surface area contributed by atoms with E-state index in [0.717, 1.165) is 49.9 Å². The number of hydrogen-bond acceptors (Lipinski definition) is 5. The lowest BCUT2D eigenvalue weighted by Crippen LogP contribution is -2.43. The Bertz CT molecular complexity index is 899. The van der Waals surface area contributed by atoms with Crippen molar-refractivity contribution in [1.29, 1.82) is 0 Å². The molecule has 1 atom stereocenters. The number of piperidine rings is 1. The van der Waals surface area contributed by atoms with E-state index < -0.39 is 22.1 Å². The minimum absolute atomic E-state index is 0.134. The number of benzene rings is 1. The van der Waals surface area contributed by atoms with E-state index in [1.807, 2.05) is 19.9 Å². The maximum atomic E-state index is 13.0. The number of carbonyl (C=O) groups is 2. The molecule has 172 valence electrons. The van der Waals surface area contributed by atoms with Gasteiger partial charge in [-0.3, -0.25) is 9.59 Å². The first-order chi connectivity index (χ1) is 14.7. The third-order valence-electron chi connectivity index (χ3n) is 6.46. The molecular formula is C23H34N2O5S. The zero-order chi connectivity index (χ0) is 22.6. The van der Waals surface area contributed by atoms with Gasteiger partial charge < -0.3 is 9.64 Å². The highest BCUT2D eigenvalue weighted by atomic mass is 32.2. The summed E-state index contributed by atoms with van der Waals surface area (Å²) in [6.45, 7) is 7.44. The number of amides is 1. The van der Waals surface area contributed by atoms with Crippen LogP contribution in [0.15, 0.2) is 23.1 Å². The number of sulfonamides is 1. The summed E-state index contributed by atoms with van der Waals surface area (Å²) >= 11 is 0. The normalized spacial score (nSPS) is 20.2. The van der Waals surface area contributed by atoms with Crippen molar-refractivity contribution in [2.45, 2.75) is 70.3 Å². The minimum Gasteiger partial charge on any atom is -0.452 e. The highest BCUT2D eigenvalue weighted by Crippen LogP contribution is 2.26. The van der Waals surface area contributed by atoms with Crippen LogP contribution in [-0.4, -0.2) is 61.8 Å². The number of esters is 1. The maximum Gasteiger partial charge on any atom is 0.309 e. The second-order valence-corrected chi connectivity index (χ2v) is 10.7. The average Bonchev–Trinajstić information content (AvgIpc) is 3.04.